The quantitative estimate of drug-likeness (QED) is 0.258. The van der Waals surface area contributed by atoms with Crippen LogP contribution >= 0.6 is 0 Å². The highest BCUT2D eigenvalue weighted by Gasteiger charge is 2.31. The maximum atomic E-state index is 13.3. The molecule has 1 saturated heterocycles. The summed E-state index contributed by atoms with van der Waals surface area (Å²) in [6.07, 6.45) is 7.47. The number of hydrogen-bond donors (Lipinski definition) is 1. The van der Waals surface area contributed by atoms with Crippen molar-refractivity contribution in [1.29, 1.82) is 0 Å². The van der Waals surface area contributed by atoms with Gasteiger partial charge in [-0.3, -0.25) is 4.90 Å². The van der Waals surface area contributed by atoms with Crippen LogP contribution in [-0.2, 0) is 24.2 Å². The lowest BCUT2D eigenvalue weighted by Gasteiger charge is -2.40. The SMILES string of the molecule is COc1cc2c(cc1OCc1ccc(F)cc1)CCN(CC1CCOCC1)C2CCc1c[nH]c2ccccc12. The second-order valence-corrected chi connectivity index (χ2v) is 10.8. The van der Waals surface area contributed by atoms with Crippen LogP contribution in [0, 0.1) is 11.7 Å². The molecule has 6 heteroatoms. The van der Waals surface area contributed by atoms with Crippen molar-refractivity contribution in [2.75, 3.05) is 33.4 Å². The molecule has 0 radical (unpaired) electrons. The van der Waals surface area contributed by atoms with Crippen LogP contribution < -0.4 is 9.47 Å². The Morgan fingerprint density at radius 1 is 1.03 bits per heavy atom. The monoisotopic (exact) mass is 528 g/mol. The van der Waals surface area contributed by atoms with Crippen molar-refractivity contribution in [1.82, 2.24) is 9.88 Å². The number of methoxy groups -OCH3 is 1. The summed E-state index contributed by atoms with van der Waals surface area (Å²) >= 11 is 0. The second-order valence-electron chi connectivity index (χ2n) is 10.8. The first-order chi connectivity index (χ1) is 19.2. The zero-order valence-corrected chi connectivity index (χ0v) is 22.6. The van der Waals surface area contributed by atoms with Crippen LogP contribution in [0.5, 0.6) is 11.5 Å². The average molecular weight is 529 g/mol. The third-order valence-corrected chi connectivity index (χ3v) is 8.40. The third-order valence-electron chi connectivity index (χ3n) is 8.40. The van der Waals surface area contributed by atoms with Crippen molar-refractivity contribution in [2.45, 2.75) is 44.8 Å². The van der Waals surface area contributed by atoms with Gasteiger partial charge in [0.1, 0.15) is 12.4 Å². The van der Waals surface area contributed by atoms with Gasteiger partial charge >= 0.3 is 0 Å². The summed E-state index contributed by atoms with van der Waals surface area (Å²) in [6.45, 7) is 4.25. The average Bonchev–Trinajstić information content (AvgIpc) is 3.39. The number of ether oxygens (including phenoxy) is 3. The number of H-pyrrole nitrogens is 1. The smallest absolute Gasteiger partial charge is 0.161 e. The zero-order chi connectivity index (χ0) is 26.6. The summed E-state index contributed by atoms with van der Waals surface area (Å²) in [4.78, 5) is 6.14. The number of nitrogens with one attached hydrogen (secondary N) is 1. The fourth-order valence-electron chi connectivity index (χ4n) is 6.22. The predicted octanol–water partition coefficient (Wildman–Crippen LogP) is 6.85. The van der Waals surface area contributed by atoms with Gasteiger partial charge < -0.3 is 19.2 Å². The first-order valence-corrected chi connectivity index (χ1v) is 14.1. The number of fused-ring (bicyclic) bond motifs is 2. The predicted molar refractivity (Wildman–Crippen MR) is 152 cm³/mol. The molecule has 0 aliphatic carbocycles. The van der Waals surface area contributed by atoms with E-state index in [0.717, 1.165) is 75.5 Å². The summed E-state index contributed by atoms with van der Waals surface area (Å²) in [5.41, 5.74) is 6.17. The van der Waals surface area contributed by atoms with Crippen molar-refractivity contribution >= 4 is 10.9 Å². The van der Waals surface area contributed by atoms with E-state index >= 15 is 0 Å². The zero-order valence-electron chi connectivity index (χ0n) is 22.6. The summed E-state index contributed by atoms with van der Waals surface area (Å²) in [5, 5.41) is 1.31. The van der Waals surface area contributed by atoms with Gasteiger partial charge in [-0.2, -0.15) is 0 Å². The molecule has 39 heavy (non-hydrogen) atoms. The third kappa shape index (κ3) is 5.82. The molecule has 2 aliphatic rings. The fourth-order valence-corrected chi connectivity index (χ4v) is 6.22. The van der Waals surface area contributed by atoms with Gasteiger partial charge in [0.2, 0.25) is 0 Å². The van der Waals surface area contributed by atoms with Crippen molar-refractivity contribution in [2.24, 2.45) is 5.92 Å². The van der Waals surface area contributed by atoms with Gasteiger partial charge in [-0.15, -0.1) is 0 Å². The van der Waals surface area contributed by atoms with Gasteiger partial charge in [0.05, 0.1) is 7.11 Å². The number of rotatable bonds is 9. The van der Waals surface area contributed by atoms with Crippen LogP contribution in [0.3, 0.4) is 0 Å². The lowest BCUT2D eigenvalue weighted by Crippen LogP contribution is -2.40. The van der Waals surface area contributed by atoms with Crippen LogP contribution in [0.4, 0.5) is 4.39 Å². The molecule has 3 heterocycles. The number of aromatic amines is 1. The first-order valence-electron chi connectivity index (χ1n) is 14.1. The minimum atomic E-state index is -0.242. The Bertz CT molecular complexity index is 1390. The molecule has 0 amide bonds. The molecule has 3 aromatic carbocycles. The minimum Gasteiger partial charge on any atom is -0.493 e. The van der Waals surface area contributed by atoms with Gasteiger partial charge in [-0.05, 0) is 90.6 Å². The molecule has 1 atom stereocenters. The molecular weight excluding hydrogens is 491 g/mol. The van der Waals surface area contributed by atoms with E-state index in [1.165, 1.54) is 39.7 Å². The Hall–Kier alpha value is -3.35. The molecule has 204 valence electrons. The van der Waals surface area contributed by atoms with E-state index in [9.17, 15) is 4.39 Å². The Kier molecular flexibility index (Phi) is 7.84. The normalized spacial score (nSPS) is 18.3. The van der Waals surface area contributed by atoms with Crippen LogP contribution in [0.25, 0.3) is 10.9 Å². The number of hydrogen-bond acceptors (Lipinski definition) is 4. The van der Waals surface area contributed by atoms with Crippen molar-refractivity contribution in [3.8, 4) is 11.5 Å². The van der Waals surface area contributed by atoms with E-state index in [1.54, 1.807) is 19.2 Å². The molecule has 1 unspecified atom stereocenters. The molecule has 0 spiro atoms. The van der Waals surface area contributed by atoms with Gasteiger partial charge in [-0.25, -0.2) is 4.39 Å². The number of benzene rings is 3. The van der Waals surface area contributed by atoms with Gasteiger partial charge in [0.25, 0.3) is 0 Å². The van der Waals surface area contributed by atoms with E-state index in [-0.39, 0.29) is 5.82 Å². The molecule has 4 aromatic rings. The number of para-hydroxylation sites is 1. The van der Waals surface area contributed by atoms with Crippen LogP contribution in [-0.4, -0.2) is 43.3 Å². The van der Waals surface area contributed by atoms with Gasteiger partial charge in [-0.1, -0.05) is 30.3 Å². The highest BCUT2D eigenvalue weighted by Crippen LogP contribution is 2.41. The van der Waals surface area contributed by atoms with Crippen molar-refractivity contribution in [3.63, 3.8) is 0 Å². The van der Waals surface area contributed by atoms with Crippen LogP contribution in [0.1, 0.15) is 47.6 Å². The second kappa shape index (κ2) is 11.8. The van der Waals surface area contributed by atoms with E-state index in [2.05, 4.69) is 52.5 Å². The molecule has 0 bridgehead atoms. The van der Waals surface area contributed by atoms with Gasteiger partial charge in [0.15, 0.2) is 11.5 Å². The van der Waals surface area contributed by atoms with Crippen molar-refractivity contribution in [3.05, 3.63) is 94.9 Å². The molecule has 6 rings (SSSR count). The Balaban J connectivity index is 1.26. The first kappa shape index (κ1) is 25.9. The molecule has 1 aromatic heterocycles. The Labute approximate surface area is 229 Å². The molecule has 2 aliphatic heterocycles. The fraction of sp³-hybridized carbons (Fsp3) is 0.394. The van der Waals surface area contributed by atoms with Crippen LogP contribution in [0.15, 0.2) is 66.9 Å². The van der Waals surface area contributed by atoms with E-state index in [0.29, 0.717) is 18.6 Å². The molecule has 5 nitrogen and oxygen atoms in total. The number of nitrogens with zero attached hydrogens (tertiary/aromatic N) is 1. The Morgan fingerprint density at radius 3 is 2.67 bits per heavy atom. The standard InChI is InChI=1S/C33H37FN2O3/c1-37-32-19-29-25(18-33(32)39-22-24-6-9-27(34)10-7-24)12-15-36(21-23-13-16-38-17-14-23)31(29)11-8-26-20-35-30-5-3-2-4-28(26)30/h2-7,9-10,18-20,23,31,35H,8,11-17,21-22H2,1H3. The summed E-state index contributed by atoms with van der Waals surface area (Å²) in [5.74, 6) is 1.93. The maximum absolute atomic E-state index is 13.3. The summed E-state index contributed by atoms with van der Waals surface area (Å²) in [7, 11) is 1.70. The summed E-state index contributed by atoms with van der Waals surface area (Å²) < 4.78 is 31.0. The van der Waals surface area contributed by atoms with Crippen molar-refractivity contribution < 1.29 is 18.6 Å². The highest BCUT2D eigenvalue weighted by atomic mass is 19.1. The number of halogens is 1. The lowest BCUT2D eigenvalue weighted by atomic mass is 9.87. The molecule has 1 fully saturated rings. The van der Waals surface area contributed by atoms with E-state index in [4.69, 9.17) is 14.2 Å². The maximum Gasteiger partial charge on any atom is 0.161 e. The minimum absolute atomic E-state index is 0.242. The largest absolute Gasteiger partial charge is 0.493 e. The number of aryl methyl sites for hydroxylation is 1. The lowest BCUT2D eigenvalue weighted by molar-refractivity contribution is 0.0423. The molecule has 1 N–H and O–H groups in total. The summed E-state index contributed by atoms with van der Waals surface area (Å²) in [6, 6.07) is 19.7. The molecule has 0 saturated carbocycles. The van der Waals surface area contributed by atoms with Gasteiger partial charge in [0, 0.05) is 49.4 Å². The topological polar surface area (TPSA) is 46.7 Å². The van der Waals surface area contributed by atoms with Crippen LogP contribution in [0.2, 0.25) is 0 Å². The number of aromatic nitrogens is 1. The van der Waals surface area contributed by atoms with E-state index in [1.807, 2.05) is 0 Å². The highest BCUT2D eigenvalue weighted by molar-refractivity contribution is 5.83. The molecular formula is C33H37FN2O3. The van der Waals surface area contributed by atoms with E-state index < -0.39 is 0 Å². The Morgan fingerprint density at radius 2 is 1.85 bits per heavy atom.